The van der Waals surface area contributed by atoms with Gasteiger partial charge in [-0.25, -0.2) is 13.2 Å². The molecule has 2 aromatic rings. The number of carbonyl (C=O) groups is 3. The summed E-state index contributed by atoms with van der Waals surface area (Å²) in [5, 5.41) is 9.00. The van der Waals surface area contributed by atoms with E-state index in [1.54, 1.807) is 6.92 Å². The van der Waals surface area contributed by atoms with Crippen LogP contribution in [0.2, 0.25) is 0 Å². The summed E-state index contributed by atoms with van der Waals surface area (Å²) in [6, 6.07) is 10.3. The molecule has 0 bridgehead atoms. The average molecular weight is 484 g/mol. The van der Waals surface area contributed by atoms with Crippen LogP contribution in [-0.4, -0.2) is 52.7 Å². The van der Waals surface area contributed by atoms with Crippen LogP contribution in [0.1, 0.15) is 43.5 Å². The van der Waals surface area contributed by atoms with Gasteiger partial charge in [0.25, 0.3) is 11.8 Å². The minimum atomic E-state index is -3.03. The van der Waals surface area contributed by atoms with Gasteiger partial charge < -0.3 is 9.80 Å². The van der Waals surface area contributed by atoms with Gasteiger partial charge in [-0.3, -0.25) is 19.3 Å². The summed E-state index contributed by atoms with van der Waals surface area (Å²) in [6.07, 6.45) is 0. The van der Waals surface area contributed by atoms with E-state index in [2.05, 4.69) is 0 Å². The van der Waals surface area contributed by atoms with E-state index in [0.29, 0.717) is 5.56 Å². The number of likely N-dealkylation sites (tertiary alicyclic amines) is 1. The van der Waals surface area contributed by atoms with Crippen molar-refractivity contribution in [2.45, 2.75) is 38.3 Å². The highest BCUT2D eigenvalue weighted by Gasteiger charge is 2.61. The molecule has 35 heavy (non-hydrogen) atoms. The van der Waals surface area contributed by atoms with E-state index in [1.165, 1.54) is 53.1 Å². The number of nitrogens with zero attached hydrogens (tertiary/aromatic N) is 4. The summed E-state index contributed by atoms with van der Waals surface area (Å²) < 4.78 is 42.0. The number of hydrogen-bond donors (Lipinski definition) is 0. The van der Waals surface area contributed by atoms with Crippen molar-refractivity contribution in [3.8, 4) is 6.07 Å². The van der Waals surface area contributed by atoms with Crippen LogP contribution in [0.3, 0.4) is 0 Å². The van der Waals surface area contributed by atoms with E-state index in [0.717, 1.165) is 17.9 Å². The predicted octanol–water partition coefficient (Wildman–Crippen LogP) is 3.35. The summed E-state index contributed by atoms with van der Waals surface area (Å²) >= 11 is 0. The lowest BCUT2D eigenvalue weighted by Crippen LogP contribution is -2.81. The standard InChI is InChI=1S/C25H23F3N4O3/c1-15(18-5-7-19(8-6-18)24(3,27)28)32-22(34)12-31(21-9-4-17(11-29)10-20(21)26)23(35)25(32)13-30(14-25)16(2)33/h4-10,15H,12-14H2,1-3H3/t15-/m0/s1. The third-order valence-corrected chi connectivity index (χ3v) is 6.67. The van der Waals surface area contributed by atoms with Crippen LogP contribution in [0.25, 0.3) is 0 Å². The Hall–Kier alpha value is -3.87. The molecule has 2 aromatic carbocycles. The first-order valence-electron chi connectivity index (χ1n) is 11.0. The minimum absolute atomic E-state index is 0.0690. The van der Waals surface area contributed by atoms with Gasteiger partial charge in [0.1, 0.15) is 12.4 Å². The zero-order chi connectivity index (χ0) is 25.7. The van der Waals surface area contributed by atoms with Gasteiger partial charge in [0, 0.05) is 19.4 Å². The lowest BCUT2D eigenvalue weighted by molar-refractivity contribution is -0.172. The van der Waals surface area contributed by atoms with E-state index in [1.807, 2.05) is 6.07 Å². The largest absolute Gasteiger partial charge is 0.337 e. The van der Waals surface area contributed by atoms with Crippen molar-refractivity contribution >= 4 is 23.4 Å². The second-order valence-electron chi connectivity index (χ2n) is 9.03. The van der Waals surface area contributed by atoms with Crippen LogP contribution in [-0.2, 0) is 20.3 Å². The summed E-state index contributed by atoms with van der Waals surface area (Å²) in [5.74, 6) is -5.15. The second kappa shape index (κ2) is 8.41. The molecule has 10 heteroatoms. The molecule has 3 amide bonds. The van der Waals surface area contributed by atoms with Crippen LogP contribution in [0.4, 0.5) is 18.9 Å². The Kier molecular flexibility index (Phi) is 5.83. The fourth-order valence-electron chi connectivity index (χ4n) is 4.75. The molecule has 1 spiro atoms. The molecule has 0 radical (unpaired) electrons. The fourth-order valence-corrected chi connectivity index (χ4v) is 4.75. The van der Waals surface area contributed by atoms with Crippen molar-refractivity contribution in [1.29, 1.82) is 5.26 Å². The molecular formula is C25H23F3N4O3. The third kappa shape index (κ3) is 4.01. The topological polar surface area (TPSA) is 84.7 Å². The quantitative estimate of drug-likeness (QED) is 0.666. The number of anilines is 1. The number of hydrogen-bond acceptors (Lipinski definition) is 4. The Bertz CT molecular complexity index is 1240. The molecule has 2 heterocycles. The van der Waals surface area contributed by atoms with Crippen LogP contribution in [0, 0.1) is 17.1 Å². The maximum Gasteiger partial charge on any atom is 0.270 e. The molecule has 0 aromatic heterocycles. The van der Waals surface area contributed by atoms with Gasteiger partial charge in [0.15, 0.2) is 5.54 Å². The maximum atomic E-state index is 14.8. The molecule has 2 saturated heterocycles. The van der Waals surface area contributed by atoms with E-state index < -0.39 is 41.7 Å². The lowest BCUT2D eigenvalue weighted by atomic mass is 9.81. The second-order valence-corrected chi connectivity index (χ2v) is 9.03. The van der Waals surface area contributed by atoms with Crippen LogP contribution >= 0.6 is 0 Å². The molecule has 182 valence electrons. The first-order valence-corrected chi connectivity index (χ1v) is 11.0. The molecule has 0 N–H and O–H groups in total. The summed E-state index contributed by atoms with van der Waals surface area (Å²) in [5.41, 5.74) is -1.14. The first-order chi connectivity index (χ1) is 16.4. The van der Waals surface area contributed by atoms with Crippen molar-refractivity contribution in [2.75, 3.05) is 24.5 Å². The van der Waals surface area contributed by atoms with Gasteiger partial charge in [-0.2, -0.15) is 5.26 Å². The molecule has 7 nitrogen and oxygen atoms in total. The zero-order valence-corrected chi connectivity index (χ0v) is 19.4. The van der Waals surface area contributed by atoms with Gasteiger partial charge in [-0.15, -0.1) is 0 Å². The zero-order valence-electron chi connectivity index (χ0n) is 19.4. The van der Waals surface area contributed by atoms with Crippen molar-refractivity contribution < 1.29 is 27.6 Å². The summed E-state index contributed by atoms with van der Waals surface area (Å²) in [4.78, 5) is 42.9. The number of halogens is 3. The molecular weight excluding hydrogens is 461 g/mol. The molecule has 2 fully saturated rings. The average Bonchev–Trinajstić information content (AvgIpc) is 2.77. The number of amides is 3. The molecule has 2 aliphatic rings. The smallest absolute Gasteiger partial charge is 0.270 e. The molecule has 0 aliphatic carbocycles. The van der Waals surface area contributed by atoms with E-state index in [-0.39, 0.29) is 35.8 Å². The Labute approximate surface area is 200 Å². The fraction of sp³-hybridized carbons (Fsp3) is 0.360. The number of nitriles is 1. The predicted molar refractivity (Wildman–Crippen MR) is 120 cm³/mol. The van der Waals surface area contributed by atoms with E-state index in [4.69, 9.17) is 5.26 Å². The maximum absolute atomic E-state index is 14.8. The third-order valence-electron chi connectivity index (χ3n) is 6.67. The Morgan fingerprint density at radius 1 is 1.14 bits per heavy atom. The molecule has 0 saturated carbocycles. The van der Waals surface area contributed by atoms with Crippen LogP contribution < -0.4 is 4.90 Å². The Morgan fingerprint density at radius 3 is 2.29 bits per heavy atom. The van der Waals surface area contributed by atoms with Gasteiger partial charge in [-0.05, 0) is 30.7 Å². The van der Waals surface area contributed by atoms with Crippen molar-refractivity contribution in [1.82, 2.24) is 9.80 Å². The normalized spacial score (nSPS) is 18.4. The van der Waals surface area contributed by atoms with E-state index >= 15 is 0 Å². The lowest BCUT2D eigenvalue weighted by Gasteiger charge is -2.59. The molecule has 4 rings (SSSR count). The van der Waals surface area contributed by atoms with Crippen LogP contribution in [0.5, 0.6) is 0 Å². The van der Waals surface area contributed by atoms with Gasteiger partial charge in [0.2, 0.25) is 11.8 Å². The number of carbonyl (C=O) groups excluding carboxylic acids is 3. The molecule has 2 aliphatic heterocycles. The van der Waals surface area contributed by atoms with Gasteiger partial charge >= 0.3 is 0 Å². The Balaban J connectivity index is 1.72. The highest BCUT2D eigenvalue weighted by Crippen LogP contribution is 2.41. The number of piperazine rings is 1. The molecule has 0 unspecified atom stereocenters. The van der Waals surface area contributed by atoms with Gasteiger partial charge in [0.05, 0.1) is 36.5 Å². The minimum Gasteiger partial charge on any atom is -0.337 e. The number of rotatable bonds is 4. The highest BCUT2D eigenvalue weighted by atomic mass is 19.3. The van der Waals surface area contributed by atoms with Gasteiger partial charge in [-0.1, -0.05) is 24.3 Å². The highest BCUT2D eigenvalue weighted by molar-refractivity contribution is 6.11. The molecule has 1 atom stereocenters. The van der Waals surface area contributed by atoms with Crippen molar-refractivity contribution in [2.24, 2.45) is 0 Å². The summed E-state index contributed by atoms with van der Waals surface area (Å²) in [7, 11) is 0. The summed E-state index contributed by atoms with van der Waals surface area (Å²) in [6.45, 7) is 3.22. The number of alkyl halides is 2. The number of benzene rings is 2. The van der Waals surface area contributed by atoms with Crippen molar-refractivity contribution in [3.05, 3.63) is 65.0 Å². The van der Waals surface area contributed by atoms with E-state index in [9.17, 15) is 27.6 Å². The monoisotopic (exact) mass is 484 g/mol. The van der Waals surface area contributed by atoms with Crippen molar-refractivity contribution in [3.63, 3.8) is 0 Å². The SMILES string of the molecule is CC(=O)N1CC2(C1)C(=O)N(c1ccc(C#N)cc1F)CC(=O)N2[C@@H](C)c1ccc(C(C)(F)F)cc1. The Morgan fingerprint density at radius 2 is 1.77 bits per heavy atom. The van der Waals surface area contributed by atoms with Crippen LogP contribution in [0.15, 0.2) is 42.5 Å². The first kappa shape index (κ1) is 24.3.